The predicted molar refractivity (Wildman–Crippen MR) is 113 cm³/mol. The highest BCUT2D eigenvalue weighted by molar-refractivity contribution is 7.92. The smallest absolute Gasteiger partial charge is 0.266 e. The minimum absolute atomic E-state index is 0.0639. The van der Waals surface area contributed by atoms with Gasteiger partial charge < -0.3 is 14.0 Å². The Balaban J connectivity index is 1.59. The van der Waals surface area contributed by atoms with Gasteiger partial charge in [0.15, 0.2) is 11.4 Å². The van der Waals surface area contributed by atoms with Crippen LogP contribution in [0.5, 0.6) is 11.5 Å². The predicted octanol–water partition coefficient (Wildman–Crippen LogP) is 3.35. The van der Waals surface area contributed by atoms with E-state index in [2.05, 4.69) is 15.0 Å². The maximum absolute atomic E-state index is 14.3. The van der Waals surface area contributed by atoms with Crippen LogP contribution in [0.3, 0.4) is 0 Å². The summed E-state index contributed by atoms with van der Waals surface area (Å²) in [5.41, 5.74) is 2.24. The molecule has 32 heavy (non-hydrogen) atoms. The molecule has 1 aliphatic heterocycles. The fraction of sp³-hybridized carbons (Fsp3) is 0.238. The van der Waals surface area contributed by atoms with Gasteiger partial charge in [0.25, 0.3) is 10.0 Å². The monoisotopic (exact) mass is 458 g/mol. The molecule has 0 atom stereocenters. The van der Waals surface area contributed by atoms with E-state index in [1.807, 2.05) is 12.3 Å². The molecule has 1 aliphatic rings. The van der Waals surface area contributed by atoms with Crippen LogP contribution in [0.15, 0.2) is 52.1 Å². The molecule has 11 heteroatoms. The van der Waals surface area contributed by atoms with Gasteiger partial charge in [0.2, 0.25) is 0 Å². The summed E-state index contributed by atoms with van der Waals surface area (Å²) in [4.78, 5) is -0.557. The number of benzene rings is 2. The third-order valence-electron chi connectivity index (χ3n) is 5.28. The molecular weight excluding hydrogens is 439 g/mol. The van der Waals surface area contributed by atoms with Crippen LogP contribution in [-0.2, 0) is 23.0 Å². The maximum Gasteiger partial charge on any atom is 0.266 e. The van der Waals surface area contributed by atoms with Gasteiger partial charge >= 0.3 is 0 Å². The molecule has 0 saturated heterocycles. The lowest BCUT2D eigenvalue weighted by atomic mass is 9.97. The number of sulfonamides is 1. The third kappa shape index (κ3) is 3.54. The van der Waals surface area contributed by atoms with E-state index in [1.165, 1.54) is 13.2 Å². The van der Waals surface area contributed by atoms with Gasteiger partial charge in [0, 0.05) is 24.0 Å². The van der Waals surface area contributed by atoms with Crippen molar-refractivity contribution < 1.29 is 26.8 Å². The molecule has 0 radical (unpaired) electrons. The highest BCUT2D eigenvalue weighted by Crippen LogP contribution is 2.41. The summed E-state index contributed by atoms with van der Waals surface area (Å²) in [6, 6.07) is 7.11. The van der Waals surface area contributed by atoms with Gasteiger partial charge in [-0.1, -0.05) is 5.16 Å². The largest absolute Gasteiger partial charge is 0.497 e. The van der Waals surface area contributed by atoms with E-state index in [0.29, 0.717) is 29.9 Å². The molecule has 0 bridgehead atoms. The number of halogens is 1. The molecule has 0 aliphatic carbocycles. The molecule has 0 fully saturated rings. The Morgan fingerprint density at radius 3 is 2.97 bits per heavy atom. The van der Waals surface area contributed by atoms with E-state index in [4.69, 9.17) is 14.0 Å². The van der Waals surface area contributed by atoms with Crippen LogP contribution < -0.4 is 14.2 Å². The third-order valence-corrected chi connectivity index (χ3v) is 6.63. The van der Waals surface area contributed by atoms with Crippen molar-refractivity contribution in [3.63, 3.8) is 0 Å². The van der Waals surface area contributed by atoms with Crippen molar-refractivity contribution in [3.05, 3.63) is 59.7 Å². The van der Waals surface area contributed by atoms with Gasteiger partial charge in [-0.2, -0.15) is 5.10 Å². The number of nitrogens with one attached hydrogen (secondary N) is 1. The van der Waals surface area contributed by atoms with Gasteiger partial charge in [-0.15, -0.1) is 0 Å². The Hall–Kier alpha value is -3.60. The van der Waals surface area contributed by atoms with Crippen LogP contribution >= 0.6 is 0 Å². The van der Waals surface area contributed by atoms with Crippen molar-refractivity contribution >= 4 is 26.8 Å². The highest BCUT2D eigenvalue weighted by atomic mass is 32.2. The fourth-order valence-electron chi connectivity index (χ4n) is 3.80. The Morgan fingerprint density at radius 2 is 2.19 bits per heavy atom. The first-order valence-electron chi connectivity index (χ1n) is 9.87. The van der Waals surface area contributed by atoms with Gasteiger partial charge in [0.05, 0.1) is 20.3 Å². The molecule has 1 N–H and O–H groups in total. The summed E-state index contributed by atoms with van der Waals surface area (Å²) in [7, 11) is -2.95. The normalized spacial score (nSPS) is 13.6. The minimum Gasteiger partial charge on any atom is -0.497 e. The van der Waals surface area contributed by atoms with Gasteiger partial charge in [-0.25, -0.2) is 12.8 Å². The second kappa shape index (κ2) is 7.83. The van der Waals surface area contributed by atoms with E-state index >= 15 is 0 Å². The molecule has 9 nitrogen and oxygen atoms in total. The molecule has 0 spiro atoms. The highest BCUT2D eigenvalue weighted by Gasteiger charge is 2.28. The summed E-state index contributed by atoms with van der Waals surface area (Å²) >= 11 is 0. The summed E-state index contributed by atoms with van der Waals surface area (Å²) in [6.45, 7) is 0.987. The average Bonchev–Trinajstić information content (AvgIpc) is 3.44. The number of nitrogens with zero attached hydrogens (tertiary/aromatic N) is 3. The Kier molecular flexibility index (Phi) is 4.97. The van der Waals surface area contributed by atoms with Crippen molar-refractivity contribution in [3.8, 4) is 11.5 Å². The van der Waals surface area contributed by atoms with Crippen molar-refractivity contribution in [2.75, 3.05) is 18.4 Å². The summed E-state index contributed by atoms with van der Waals surface area (Å²) in [5.74, 6) is -0.251. The number of anilines is 1. The number of methoxy groups -OCH3 is 1. The molecule has 2 aromatic heterocycles. The zero-order valence-corrected chi connectivity index (χ0v) is 17.9. The standard InChI is InChI=1S/C21H19FN4O5S/c1-29-14-5-6-16(22)18(11-14)32(27,28)25-21-19-17(31-24-21)10-13(12-26-8-3-7-23-26)15-4-2-9-30-20(15)19/h3,5-8,10-11H,2,4,9,12H2,1H3,(H,24,25). The lowest BCUT2D eigenvalue weighted by Gasteiger charge is -2.21. The first-order chi connectivity index (χ1) is 15.5. The van der Waals surface area contributed by atoms with E-state index in [1.54, 1.807) is 16.9 Å². The van der Waals surface area contributed by atoms with Crippen LogP contribution in [0, 0.1) is 5.82 Å². The SMILES string of the molecule is COc1ccc(F)c(S(=O)(=O)Nc2noc3cc(Cn4cccn4)c4c(c23)OCCC4)c1. The second-order valence-corrected chi connectivity index (χ2v) is 8.96. The molecule has 3 heterocycles. The quantitative estimate of drug-likeness (QED) is 0.472. The summed E-state index contributed by atoms with van der Waals surface area (Å²) in [5, 5.41) is 8.54. The van der Waals surface area contributed by atoms with Crippen molar-refractivity contribution in [2.24, 2.45) is 0 Å². The Labute approximate surface area is 182 Å². The van der Waals surface area contributed by atoms with E-state index < -0.39 is 20.7 Å². The van der Waals surface area contributed by atoms with E-state index in [9.17, 15) is 12.8 Å². The fourth-order valence-corrected chi connectivity index (χ4v) is 4.90. The van der Waals surface area contributed by atoms with Crippen LogP contribution in [0.4, 0.5) is 10.2 Å². The lowest BCUT2D eigenvalue weighted by molar-refractivity contribution is 0.291. The molecule has 0 amide bonds. The first kappa shape index (κ1) is 20.3. The second-order valence-electron chi connectivity index (χ2n) is 7.31. The topological polar surface area (TPSA) is 108 Å². The lowest BCUT2D eigenvalue weighted by Crippen LogP contribution is -2.16. The zero-order chi connectivity index (χ0) is 22.3. The summed E-state index contributed by atoms with van der Waals surface area (Å²) < 4.78 is 60.7. The molecule has 0 unspecified atom stereocenters. The number of aromatic nitrogens is 3. The van der Waals surface area contributed by atoms with Gasteiger partial charge in [-0.05, 0) is 42.7 Å². The Bertz CT molecular complexity index is 1400. The zero-order valence-electron chi connectivity index (χ0n) is 17.0. The van der Waals surface area contributed by atoms with Crippen molar-refractivity contribution in [1.82, 2.24) is 14.9 Å². The molecule has 2 aromatic carbocycles. The van der Waals surface area contributed by atoms with Crippen LogP contribution in [0.1, 0.15) is 17.5 Å². The van der Waals surface area contributed by atoms with Crippen LogP contribution in [-0.4, -0.2) is 37.1 Å². The molecule has 4 aromatic rings. The maximum atomic E-state index is 14.3. The average molecular weight is 458 g/mol. The van der Waals surface area contributed by atoms with E-state index in [-0.39, 0.29) is 11.6 Å². The number of fused-ring (bicyclic) bond motifs is 3. The van der Waals surface area contributed by atoms with E-state index in [0.717, 1.165) is 36.1 Å². The first-order valence-corrected chi connectivity index (χ1v) is 11.4. The molecule has 5 rings (SSSR count). The number of hydrogen-bond acceptors (Lipinski definition) is 7. The molecule has 166 valence electrons. The number of rotatable bonds is 6. The Morgan fingerprint density at radius 1 is 1.31 bits per heavy atom. The number of ether oxygens (including phenoxy) is 2. The minimum atomic E-state index is -4.31. The van der Waals surface area contributed by atoms with Gasteiger partial charge in [0.1, 0.15) is 27.6 Å². The van der Waals surface area contributed by atoms with Crippen molar-refractivity contribution in [2.45, 2.75) is 24.3 Å². The van der Waals surface area contributed by atoms with Gasteiger partial charge in [-0.3, -0.25) is 9.40 Å². The van der Waals surface area contributed by atoms with Crippen LogP contribution in [0.2, 0.25) is 0 Å². The van der Waals surface area contributed by atoms with Crippen LogP contribution in [0.25, 0.3) is 11.0 Å². The molecule has 0 saturated carbocycles. The summed E-state index contributed by atoms with van der Waals surface area (Å²) in [6.07, 6.45) is 5.12. The van der Waals surface area contributed by atoms with Crippen molar-refractivity contribution in [1.29, 1.82) is 0 Å². The number of hydrogen-bond donors (Lipinski definition) is 1. The molecular formula is C21H19FN4O5S.